The third kappa shape index (κ3) is 4.82. The first-order chi connectivity index (χ1) is 13.6. The number of para-hydroxylation sites is 1. The number of benzene rings is 2. The molecule has 28 heavy (non-hydrogen) atoms. The minimum atomic E-state index is -0.0642. The number of nitrogen functional groups attached to an aromatic ring is 1. The smallest absolute Gasteiger partial charge is 0.256 e. The van der Waals surface area contributed by atoms with Crippen molar-refractivity contribution in [2.75, 3.05) is 39.0 Å². The van der Waals surface area contributed by atoms with Gasteiger partial charge in [0.1, 0.15) is 5.75 Å². The topological polar surface area (TPSA) is 75.9 Å². The van der Waals surface area contributed by atoms with Crippen LogP contribution >= 0.6 is 0 Å². The van der Waals surface area contributed by atoms with E-state index in [4.69, 9.17) is 10.5 Å². The van der Waals surface area contributed by atoms with Crippen LogP contribution in [0, 0.1) is 0 Å². The lowest BCUT2D eigenvalue weighted by Crippen LogP contribution is -2.37. The summed E-state index contributed by atoms with van der Waals surface area (Å²) in [4.78, 5) is 29.0. The molecule has 2 N–H and O–H groups in total. The van der Waals surface area contributed by atoms with E-state index in [1.807, 2.05) is 41.3 Å². The predicted octanol–water partition coefficient (Wildman–Crippen LogP) is 2.58. The van der Waals surface area contributed by atoms with Gasteiger partial charge in [-0.15, -0.1) is 0 Å². The van der Waals surface area contributed by atoms with Crippen LogP contribution in [0.1, 0.15) is 28.8 Å². The molecule has 0 unspecified atom stereocenters. The van der Waals surface area contributed by atoms with E-state index < -0.39 is 0 Å². The summed E-state index contributed by atoms with van der Waals surface area (Å²) in [5, 5.41) is 0. The number of aryl methyl sites for hydroxylation is 1. The van der Waals surface area contributed by atoms with E-state index in [1.165, 1.54) is 0 Å². The Morgan fingerprint density at radius 2 is 1.64 bits per heavy atom. The number of amides is 2. The van der Waals surface area contributed by atoms with Gasteiger partial charge in [-0.05, 0) is 42.7 Å². The molecule has 6 heteroatoms. The zero-order chi connectivity index (χ0) is 19.9. The Balaban J connectivity index is 1.53. The monoisotopic (exact) mass is 381 g/mol. The largest absolute Gasteiger partial charge is 0.497 e. The average molecular weight is 381 g/mol. The maximum absolute atomic E-state index is 12.7. The van der Waals surface area contributed by atoms with Crippen LogP contribution in [0.4, 0.5) is 5.69 Å². The Morgan fingerprint density at radius 1 is 0.964 bits per heavy atom. The molecule has 0 saturated carbocycles. The summed E-state index contributed by atoms with van der Waals surface area (Å²) in [5.74, 6) is 0.876. The van der Waals surface area contributed by atoms with Crippen LogP contribution in [0.2, 0.25) is 0 Å². The molecule has 1 saturated heterocycles. The van der Waals surface area contributed by atoms with E-state index in [0.29, 0.717) is 50.3 Å². The number of methoxy groups -OCH3 is 1. The maximum Gasteiger partial charge on any atom is 0.256 e. The molecule has 1 aliphatic heterocycles. The summed E-state index contributed by atoms with van der Waals surface area (Å²) in [6.07, 6.45) is 1.93. The fourth-order valence-corrected chi connectivity index (χ4v) is 3.43. The van der Waals surface area contributed by atoms with Gasteiger partial charge >= 0.3 is 0 Å². The molecule has 0 aromatic heterocycles. The lowest BCUT2D eigenvalue weighted by Gasteiger charge is -2.23. The summed E-state index contributed by atoms with van der Waals surface area (Å²) in [6, 6.07) is 14.9. The molecule has 0 atom stereocenters. The van der Waals surface area contributed by atoms with Gasteiger partial charge in [-0.3, -0.25) is 9.59 Å². The highest BCUT2D eigenvalue weighted by molar-refractivity contribution is 5.99. The highest BCUT2D eigenvalue weighted by Crippen LogP contribution is 2.16. The van der Waals surface area contributed by atoms with Crippen molar-refractivity contribution < 1.29 is 14.3 Å². The Hall–Kier alpha value is -3.02. The minimum absolute atomic E-state index is 0.0642. The van der Waals surface area contributed by atoms with Crippen LogP contribution in [0.15, 0.2) is 48.5 Å². The van der Waals surface area contributed by atoms with Crippen molar-refractivity contribution in [1.82, 2.24) is 9.80 Å². The summed E-state index contributed by atoms with van der Waals surface area (Å²) in [5.41, 5.74) is 8.07. The molecule has 2 aromatic carbocycles. The van der Waals surface area contributed by atoms with Gasteiger partial charge in [0, 0.05) is 38.3 Å². The van der Waals surface area contributed by atoms with Crippen LogP contribution in [-0.4, -0.2) is 54.9 Å². The van der Waals surface area contributed by atoms with Crippen molar-refractivity contribution >= 4 is 17.5 Å². The SMILES string of the molecule is COc1ccc(CCC(=O)N2CCCN(C(=O)c3ccccc3N)CC2)cc1. The van der Waals surface area contributed by atoms with Crippen molar-refractivity contribution in [2.24, 2.45) is 0 Å². The molecule has 6 nitrogen and oxygen atoms in total. The molecule has 2 aromatic rings. The van der Waals surface area contributed by atoms with Gasteiger partial charge in [0.2, 0.25) is 5.91 Å². The van der Waals surface area contributed by atoms with E-state index in [1.54, 1.807) is 24.1 Å². The number of hydrogen-bond acceptors (Lipinski definition) is 4. The summed E-state index contributed by atoms with van der Waals surface area (Å²) in [6.45, 7) is 2.40. The van der Waals surface area contributed by atoms with Gasteiger partial charge in [-0.25, -0.2) is 0 Å². The third-order valence-electron chi connectivity index (χ3n) is 5.11. The van der Waals surface area contributed by atoms with Gasteiger partial charge in [-0.1, -0.05) is 24.3 Å². The number of rotatable bonds is 5. The first kappa shape index (κ1) is 19.7. The fraction of sp³-hybridized carbons (Fsp3) is 0.364. The summed E-state index contributed by atoms with van der Waals surface area (Å²) >= 11 is 0. The number of hydrogen-bond donors (Lipinski definition) is 1. The first-order valence-corrected chi connectivity index (χ1v) is 9.63. The number of anilines is 1. The second kappa shape index (κ2) is 9.26. The summed E-state index contributed by atoms with van der Waals surface area (Å²) in [7, 11) is 1.64. The Bertz CT molecular complexity index is 820. The van der Waals surface area contributed by atoms with Gasteiger partial charge in [0.05, 0.1) is 12.7 Å². The van der Waals surface area contributed by atoms with Gasteiger partial charge in [-0.2, -0.15) is 0 Å². The molecule has 1 aliphatic rings. The standard InChI is InChI=1S/C22H27N3O3/c1-28-18-10-7-17(8-11-18)9-12-21(26)24-13-4-14-25(16-15-24)22(27)19-5-2-3-6-20(19)23/h2-3,5-8,10-11H,4,9,12-16,23H2,1H3. The van der Waals surface area contributed by atoms with E-state index in [9.17, 15) is 9.59 Å². The van der Waals surface area contributed by atoms with Crippen molar-refractivity contribution in [2.45, 2.75) is 19.3 Å². The molecule has 0 radical (unpaired) electrons. The zero-order valence-corrected chi connectivity index (χ0v) is 16.3. The fourth-order valence-electron chi connectivity index (χ4n) is 3.43. The molecule has 0 aliphatic carbocycles. The second-order valence-electron chi connectivity index (χ2n) is 6.96. The van der Waals surface area contributed by atoms with Crippen molar-refractivity contribution in [3.8, 4) is 5.75 Å². The molecule has 148 valence electrons. The lowest BCUT2D eigenvalue weighted by molar-refractivity contribution is -0.131. The van der Waals surface area contributed by atoms with E-state index in [-0.39, 0.29) is 11.8 Å². The zero-order valence-electron chi connectivity index (χ0n) is 16.3. The lowest BCUT2D eigenvalue weighted by atomic mass is 10.1. The van der Waals surface area contributed by atoms with E-state index >= 15 is 0 Å². The number of carbonyl (C=O) groups excluding carboxylic acids is 2. The van der Waals surface area contributed by atoms with Crippen LogP contribution in [0.25, 0.3) is 0 Å². The maximum atomic E-state index is 12.7. The Kier molecular flexibility index (Phi) is 6.53. The van der Waals surface area contributed by atoms with E-state index in [0.717, 1.165) is 17.7 Å². The number of nitrogens with two attached hydrogens (primary N) is 1. The quantitative estimate of drug-likeness (QED) is 0.808. The van der Waals surface area contributed by atoms with Crippen LogP contribution < -0.4 is 10.5 Å². The van der Waals surface area contributed by atoms with Crippen LogP contribution in [0.5, 0.6) is 5.75 Å². The highest BCUT2D eigenvalue weighted by Gasteiger charge is 2.23. The Morgan fingerprint density at radius 3 is 2.36 bits per heavy atom. The van der Waals surface area contributed by atoms with Crippen molar-refractivity contribution in [3.05, 3.63) is 59.7 Å². The third-order valence-corrected chi connectivity index (χ3v) is 5.11. The van der Waals surface area contributed by atoms with Crippen molar-refractivity contribution in [3.63, 3.8) is 0 Å². The highest BCUT2D eigenvalue weighted by atomic mass is 16.5. The molecular weight excluding hydrogens is 354 g/mol. The average Bonchev–Trinajstić information content (AvgIpc) is 2.98. The van der Waals surface area contributed by atoms with Crippen LogP contribution in [0.3, 0.4) is 0 Å². The van der Waals surface area contributed by atoms with Gasteiger partial charge in [0.25, 0.3) is 5.91 Å². The minimum Gasteiger partial charge on any atom is -0.497 e. The summed E-state index contributed by atoms with van der Waals surface area (Å²) < 4.78 is 5.16. The number of ether oxygens (including phenoxy) is 1. The van der Waals surface area contributed by atoms with Gasteiger partial charge < -0.3 is 20.3 Å². The number of carbonyl (C=O) groups is 2. The normalized spacial score (nSPS) is 14.5. The van der Waals surface area contributed by atoms with Crippen molar-refractivity contribution in [1.29, 1.82) is 0 Å². The predicted molar refractivity (Wildman–Crippen MR) is 109 cm³/mol. The van der Waals surface area contributed by atoms with Gasteiger partial charge in [0.15, 0.2) is 0 Å². The molecule has 1 heterocycles. The molecule has 2 amide bonds. The number of nitrogens with zero attached hydrogens (tertiary/aromatic N) is 2. The molecule has 0 bridgehead atoms. The second-order valence-corrected chi connectivity index (χ2v) is 6.96. The molecule has 3 rings (SSSR count). The van der Waals surface area contributed by atoms with E-state index in [2.05, 4.69) is 0 Å². The molecular formula is C22H27N3O3. The molecule has 1 fully saturated rings. The first-order valence-electron chi connectivity index (χ1n) is 9.63. The molecule has 0 spiro atoms. The van der Waals surface area contributed by atoms with Crippen LogP contribution in [-0.2, 0) is 11.2 Å². The Labute approximate surface area is 165 Å².